The van der Waals surface area contributed by atoms with Gasteiger partial charge in [-0.2, -0.15) is 4.99 Å². The van der Waals surface area contributed by atoms with Crippen molar-refractivity contribution in [2.45, 2.75) is 56.6 Å². The second-order valence-electron chi connectivity index (χ2n) is 9.43. The molecular formula is C28H27FN6O4. The minimum absolute atomic E-state index is 0.136. The van der Waals surface area contributed by atoms with E-state index < -0.39 is 30.1 Å². The monoisotopic (exact) mass is 530 g/mol. The third-order valence-corrected chi connectivity index (χ3v) is 7.08. The van der Waals surface area contributed by atoms with Crippen LogP contribution in [-0.2, 0) is 32.2 Å². The lowest BCUT2D eigenvalue weighted by molar-refractivity contribution is -0.0860. The highest BCUT2D eigenvalue weighted by molar-refractivity contribution is 6.04. The number of hydrazone groups is 1. The number of aliphatic imine (C=N–C) groups is 1. The van der Waals surface area contributed by atoms with Crippen molar-refractivity contribution in [1.82, 2.24) is 5.01 Å². The Bertz CT molecular complexity index is 1390. The van der Waals surface area contributed by atoms with Gasteiger partial charge in [-0.05, 0) is 41.2 Å². The molecule has 2 fully saturated rings. The van der Waals surface area contributed by atoms with E-state index >= 15 is 4.39 Å². The molecule has 0 aromatic heterocycles. The Balaban J connectivity index is 1.26. The summed E-state index contributed by atoms with van der Waals surface area (Å²) < 4.78 is 41.0. The lowest BCUT2D eigenvalue weighted by Crippen LogP contribution is -2.43. The number of ether oxygens (including phenoxy) is 4. The Labute approximate surface area is 224 Å². The van der Waals surface area contributed by atoms with Crippen molar-refractivity contribution in [1.29, 1.82) is 0 Å². The standard InChI is InChI=1S/C28H27FN6O4/c1-2-36-26-21-15-9-14-20(35(21)33-27(31-26)32-34-30)22-23(29)28(38-17-19-12-7-4-8-13-19)24(25(28)39-22)37-16-18-10-5-3-6-11-18/h3-8,10-15,22-25H,2,9,16-17H2,1H3/t22-,23-,24?,25+,28?/m0/s1. The van der Waals surface area contributed by atoms with Crippen LogP contribution < -0.4 is 0 Å². The first kappa shape index (κ1) is 25.3. The van der Waals surface area contributed by atoms with E-state index in [2.05, 4.69) is 20.1 Å². The molecule has 5 atom stereocenters. The zero-order valence-corrected chi connectivity index (χ0v) is 21.3. The van der Waals surface area contributed by atoms with Crippen LogP contribution in [0.2, 0.25) is 0 Å². The third-order valence-electron chi connectivity index (χ3n) is 7.08. The van der Waals surface area contributed by atoms with E-state index in [1.54, 1.807) is 0 Å². The quantitative estimate of drug-likeness (QED) is 0.266. The fourth-order valence-electron chi connectivity index (χ4n) is 5.22. The molecule has 2 aromatic rings. The van der Waals surface area contributed by atoms with Gasteiger partial charge in [-0.25, -0.2) is 9.40 Å². The van der Waals surface area contributed by atoms with E-state index in [9.17, 15) is 0 Å². The maximum Gasteiger partial charge on any atom is 0.241 e. The van der Waals surface area contributed by atoms with E-state index in [0.29, 0.717) is 31.0 Å². The van der Waals surface area contributed by atoms with E-state index in [1.165, 1.54) is 5.01 Å². The Hall–Kier alpha value is -4.02. The fraction of sp³-hybridized carbons (Fsp3) is 0.357. The summed E-state index contributed by atoms with van der Waals surface area (Å²) in [5, 5.41) is 9.37. The van der Waals surface area contributed by atoms with Crippen LogP contribution in [0.1, 0.15) is 24.5 Å². The second kappa shape index (κ2) is 10.6. The van der Waals surface area contributed by atoms with Gasteiger partial charge in [-0.3, -0.25) is 0 Å². The molecule has 0 bridgehead atoms. The maximum absolute atomic E-state index is 16.6. The van der Waals surface area contributed by atoms with Crippen LogP contribution in [0.15, 0.2) is 99.4 Å². The summed E-state index contributed by atoms with van der Waals surface area (Å²) in [6.45, 7) is 2.69. The van der Waals surface area contributed by atoms with Crippen molar-refractivity contribution in [2.24, 2.45) is 15.2 Å². The van der Waals surface area contributed by atoms with E-state index in [0.717, 1.165) is 11.1 Å². The van der Waals surface area contributed by atoms with Crippen molar-refractivity contribution in [2.75, 3.05) is 6.61 Å². The minimum atomic E-state index is -1.55. The van der Waals surface area contributed by atoms with E-state index in [1.807, 2.05) is 79.7 Å². The van der Waals surface area contributed by atoms with Gasteiger partial charge in [0.15, 0.2) is 11.8 Å². The van der Waals surface area contributed by atoms with Gasteiger partial charge in [-0.1, -0.05) is 66.7 Å². The number of allylic oxidation sites excluding steroid dienone is 2. The highest BCUT2D eigenvalue weighted by Gasteiger charge is 2.80. The SMILES string of the molecule is CCOC1=NC(N=[N+]=[N-])=NN2C1=CCC=C2[C@@H]1O[C@@H]2C(OCc3ccccc3)C2(OCc2ccccc2)[C@H]1F. The van der Waals surface area contributed by atoms with Gasteiger partial charge in [0.25, 0.3) is 0 Å². The van der Waals surface area contributed by atoms with Crippen molar-refractivity contribution >= 4 is 11.9 Å². The van der Waals surface area contributed by atoms with Crippen LogP contribution in [0.4, 0.5) is 4.39 Å². The van der Waals surface area contributed by atoms with Gasteiger partial charge in [0.2, 0.25) is 11.9 Å². The predicted molar refractivity (Wildman–Crippen MR) is 141 cm³/mol. The zero-order valence-electron chi connectivity index (χ0n) is 21.3. The van der Waals surface area contributed by atoms with Crippen LogP contribution in [0, 0.1) is 0 Å². The van der Waals surface area contributed by atoms with Crippen LogP contribution >= 0.6 is 0 Å². The molecule has 3 aliphatic heterocycles. The average molecular weight is 531 g/mol. The number of fused-ring (bicyclic) bond motifs is 2. The molecule has 10 nitrogen and oxygen atoms in total. The van der Waals surface area contributed by atoms with E-state index in [-0.39, 0.29) is 18.5 Å². The molecule has 0 N–H and O–H groups in total. The summed E-state index contributed by atoms with van der Waals surface area (Å²) in [4.78, 5) is 6.99. The molecule has 1 saturated heterocycles. The number of hydrogen-bond donors (Lipinski definition) is 0. The largest absolute Gasteiger partial charge is 0.476 e. The number of guanidine groups is 1. The second-order valence-corrected chi connectivity index (χ2v) is 9.43. The number of azide groups is 1. The number of halogens is 1. The summed E-state index contributed by atoms with van der Waals surface area (Å²) in [7, 11) is 0. The molecular weight excluding hydrogens is 503 g/mol. The molecule has 0 spiro atoms. The predicted octanol–water partition coefficient (Wildman–Crippen LogP) is 5.15. The normalized spacial score (nSPS) is 28.7. The molecule has 6 rings (SSSR count). The summed E-state index contributed by atoms with van der Waals surface area (Å²) in [6.07, 6.45) is 0.491. The van der Waals surface area contributed by atoms with Crippen LogP contribution in [0.3, 0.4) is 0 Å². The van der Waals surface area contributed by atoms with Gasteiger partial charge in [0, 0.05) is 4.91 Å². The van der Waals surface area contributed by atoms with Crippen molar-refractivity contribution in [3.8, 4) is 0 Å². The number of alkyl halides is 1. The van der Waals surface area contributed by atoms with Crippen LogP contribution in [0.5, 0.6) is 0 Å². The molecule has 2 aromatic carbocycles. The van der Waals surface area contributed by atoms with E-state index in [4.69, 9.17) is 24.5 Å². The summed E-state index contributed by atoms with van der Waals surface area (Å²) in [5.74, 6) is 0.113. The Morgan fingerprint density at radius 2 is 1.82 bits per heavy atom. The highest BCUT2D eigenvalue weighted by Crippen LogP contribution is 2.58. The highest BCUT2D eigenvalue weighted by atomic mass is 19.1. The lowest BCUT2D eigenvalue weighted by Gasteiger charge is -2.35. The molecule has 200 valence electrons. The number of rotatable bonds is 8. The topological polar surface area (TPSA) is 114 Å². The summed E-state index contributed by atoms with van der Waals surface area (Å²) >= 11 is 0. The van der Waals surface area contributed by atoms with Gasteiger partial charge in [-0.15, -0.1) is 5.10 Å². The van der Waals surface area contributed by atoms with Gasteiger partial charge in [0.1, 0.15) is 24.0 Å². The van der Waals surface area contributed by atoms with Crippen molar-refractivity contribution in [3.63, 3.8) is 0 Å². The molecule has 1 saturated carbocycles. The molecule has 1 aliphatic carbocycles. The first-order valence-electron chi connectivity index (χ1n) is 12.8. The van der Waals surface area contributed by atoms with Crippen LogP contribution in [0.25, 0.3) is 10.4 Å². The Kier molecular flexibility index (Phi) is 6.88. The third kappa shape index (κ3) is 4.59. The Morgan fingerprint density at radius 3 is 2.51 bits per heavy atom. The van der Waals surface area contributed by atoms with Gasteiger partial charge >= 0.3 is 0 Å². The summed E-state index contributed by atoms with van der Waals surface area (Å²) in [5.41, 5.74) is 10.6. The molecule has 0 amide bonds. The number of hydrogen-bond acceptors (Lipinski definition) is 8. The maximum atomic E-state index is 16.6. The first-order valence-corrected chi connectivity index (χ1v) is 12.8. The summed E-state index contributed by atoms with van der Waals surface area (Å²) in [6, 6.07) is 19.3. The minimum Gasteiger partial charge on any atom is -0.476 e. The Morgan fingerprint density at radius 1 is 1.10 bits per heavy atom. The van der Waals surface area contributed by atoms with Gasteiger partial charge < -0.3 is 18.9 Å². The average Bonchev–Trinajstić information content (AvgIpc) is 3.49. The smallest absolute Gasteiger partial charge is 0.241 e. The van der Waals surface area contributed by atoms with Crippen LogP contribution in [-0.4, -0.2) is 53.6 Å². The number of nitrogens with zero attached hydrogens (tertiary/aromatic N) is 6. The molecule has 3 heterocycles. The first-order chi connectivity index (χ1) is 19.2. The fourth-order valence-corrected chi connectivity index (χ4v) is 5.22. The molecule has 39 heavy (non-hydrogen) atoms. The molecule has 11 heteroatoms. The zero-order chi connectivity index (χ0) is 26.8. The number of benzene rings is 2. The molecule has 0 radical (unpaired) electrons. The lowest BCUT2D eigenvalue weighted by atomic mass is 10.0. The molecule has 4 aliphatic rings. The van der Waals surface area contributed by atoms with Crippen molar-refractivity contribution in [3.05, 3.63) is 106 Å². The van der Waals surface area contributed by atoms with Crippen molar-refractivity contribution < 1.29 is 23.3 Å². The molecule has 2 unspecified atom stereocenters. The van der Waals surface area contributed by atoms with Gasteiger partial charge in [0.05, 0.1) is 25.5 Å².